The maximum absolute atomic E-state index is 10.9. The Labute approximate surface area is 224 Å². The predicted octanol–water partition coefficient (Wildman–Crippen LogP) is 3.81. The van der Waals surface area contributed by atoms with E-state index in [9.17, 15) is 20.2 Å². The first-order valence-electron chi connectivity index (χ1n) is 12.5. The highest BCUT2D eigenvalue weighted by Gasteiger charge is 2.18. The van der Waals surface area contributed by atoms with Crippen LogP contribution in [0.15, 0.2) is 36.4 Å². The molecule has 2 aliphatic heterocycles. The van der Waals surface area contributed by atoms with Gasteiger partial charge in [-0.05, 0) is 39.1 Å². The molecule has 2 fully saturated rings. The van der Waals surface area contributed by atoms with Gasteiger partial charge in [-0.15, -0.1) is 11.6 Å². The summed E-state index contributed by atoms with van der Waals surface area (Å²) in [6.45, 7) is 13.3. The summed E-state index contributed by atoms with van der Waals surface area (Å²) in [5.41, 5.74) is 3.67. The number of rotatable bonds is 5. The second-order valence-electron chi connectivity index (χ2n) is 9.40. The molecule has 0 spiro atoms. The number of halogens is 1. The maximum Gasteiger partial charge on any atom is 0.272 e. The first-order valence-corrected chi connectivity index (χ1v) is 13.0. The SMILES string of the molecule is CN1CCNCC1.Cc1c(CCl)cccc1[N+](=O)[O-].Cc1c(CN2CCN(C)CC2)cccc1[N+](=O)[O-]. The quantitative estimate of drug-likeness (QED) is 0.350. The summed E-state index contributed by atoms with van der Waals surface area (Å²) in [6, 6.07) is 10.2. The van der Waals surface area contributed by atoms with Crippen molar-refractivity contribution >= 4 is 23.0 Å². The van der Waals surface area contributed by atoms with E-state index >= 15 is 0 Å². The lowest BCUT2D eigenvalue weighted by Crippen LogP contribution is -2.43. The molecule has 204 valence electrons. The molecule has 0 unspecified atom stereocenters. The van der Waals surface area contributed by atoms with Gasteiger partial charge in [-0.1, -0.05) is 24.3 Å². The van der Waals surface area contributed by atoms with Crippen molar-refractivity contribution in [2.75, 3.05) is 66.5 Å². The average molecular weight is 535 g/mol. The predicted molar refractivity (Wildman–Crippen MR) is 148 cm³/mol. The summed E-state index contributed by atoms with van der Waals surface area (Å²) >= 11 is 5.59. The normalized spacial score (nSPS) is 16.7. The number of likely N-dealkylation sites (N-methyl/N-ethyl adjacent to an activating group) is 2. The van der Waals surface area contributed by atoms with E-state index in [2.05, 4.69) is 34.1 Å². The first-order chi connectivity index (χ1) is 17.6. The highest BCUT2D eigenvalue weighted by molar-refractivity contribution is 6.17. The van der Waals surface area contributed by atoms with Crippen molar-refractivity contribution in [2.45, 2.75) is 26.3 Å². The van der Waals surface area contributed by atoms with Crippen molar-refractivity contribution in [1.29, 1.82) is 0 Å². The van der Waals surface area contributed by atoms with Crippen LogP contribution in [0.1, 0.15) is 22.3 Å². The van der Waals surface area contributed by atoms with Gasteiger partial charge in [-0.3, -0.25) is 25.1 Å². The number of hydrogen-bond donors (Lipinski definition) is 1. The van der Waals surface area contributed by atoms with E-state index in [0.717, 1.165) is 62.5 Å². The Hall–Kier alpha value is -2.63. The number of piperazine rings is 2. The zero-order valence-electron chi connectivity index (χ0n) is 22.3. The number of nitro benzene ring substituents is 2. The number of nitro groups is 2. The van der Waals surface area contributed by atoms with E-state index < -0.39 is 4.92 Å². The second-order valence-corrected chi connectivity index (χ2v) is 9.67. The van der Waals surface area contributed by atoms with Crippen LogP contribution in [0.5, 0.6) is 0 Å². The molecule has 0 aliphatic carbocycles. The largest absolute Gasteiger partial charge is 0.314 e. The van der Waals surface area contributed by atoms with Gasteiger partial charge >= 0.3 is 0 Å². The highest BCUT2D eigenvalue weighted by Crippen LogP contribution is 2.23. The van der Waals surface area contributed by atoms with Gasteiger partial charge in [0.05, 0.1) is 9.85 Å². The van der Waals surface area contributed by atoms with Gasteiger partial charge < -0.3 is 15.1 Å². The smallest absolute Gasteiger partial charge is 0.272 e. The molecule has 0 bridgehead atoms. The van der Waals surface area contributed by atoms with Gasteiger partial charge in [0.15, 0.2) is 0 Å². The van der Waals surface area contributed by atoms with E-state index in [1.807, 2.05) is 13.0 Å². The topological polar surface area (TPSA) is 108 Å². The Balaban J connectivity index is 0.000000217. The van der Waals surface area contributed by atoms with Gasteiger partial charge in [0, 0.05) is 88.0 Å². The molecule has 0 aromatic heterocycles. The van der Waals surface area contributed by atoms with Crippen LogP contribution < -0.4 is 5.32 Å². The Morgan fingerprint density at radius 3 is 1.68 bits per heavy atom. The van der Waals surface area contributed by atoms with E-state index in [0.29, 0.717) is 11.4 Å². The Bertz CT molecular complexity index is 1020. The summed E-state index contributed by atoms with van der Waals surface area (Å²) < 4.78 is 0. The van der Waals surface area contributed by atoms with Crippen molar-refractivity contribution in [3.8, 4) is 0 Å². The van der Waals surface area contributed by atoms with Crippen LogP contribution in [0.4, 0.5) is 11.4 Å². The summed E-state index contributed by atoms with van der Waals surface area (Å²) in [6.07, 6.45) is 0. The standard InChI is InChI=1S/C13H19N3O2.C8H8ClNO2.C5H12N2/c1-11-12(4-3-5-13(11)16(17)18)10-15-8-6-14(2)7-9-15;1-6-7(5-9)3-2-4-8(6)10(11)12;1-7-4-2-6-3-5-7/h3-5H,6-10H2,1-2H3;2-4H,5H2,1H3;6H,2-5H2,1H3. The van der Waals surface area contributed by atoms with E-state index in [4.69, 9.17) is 11.6 Å². The number of nitrogens with zero attached hydrogens (tertiary/aromatic N) is 5. The zero-order chi connectivity index (χ0) is 27.4. The van der Waals surface area contributed by atoms with Gasteiger partial charge in [-0.25, -0.2) is 0 Å². The number of alkyl halides is 1. The second kappa shape index (κ2) is 15.6. The van der Waals surface area contributed by atoms with Crippen LogP contribution in [-0.4, -0.2) is 91.0 Å². The minimum atomic E-state index is -0.397. The zero-order valence-corrected chi connectivity index (χ0v) is 23.0. The fraction of sp³-hybridized carbons (Fsp3) is 0.538. The Kier molecular flexibility index (Phi) is 12.9. The van der Waals surface area contributed by atoms with Gasteiger partial charge in [0.1, 0.15) is 0 Å². The van der Waals surface area contributed by atoms with Crippen LogP contribution in [-0.2, 0) is 12.4 Å². The molecule has 0 atom stereocenters. The molecule has 1 N–H and O–H groups in total. The molecule has 4 rings (SSSR count). The summed E-state index contributed by atoms with van der Waals surface area (Å²) in [5.74, 6) is 0.313. The number of hydrogen-bond acceptors (Lipinski definition) is 8. The van der Waals surface area contributed by atoms with E-state index in [-0.39, 0.29) is 16.3 Å². The van der Waals surface area contributed by atoms with Gasteiger partial charge in [0.2, 0.25) is 0 Å². The minimum absolute atomic E-state index is 0.133. The van der Waals surface area contributed by atoms with E-state index in [1.54, 1.807) is 31.2 Å². The molecule has 2 heterocycles. The molecule has 11 heteroatoms. The number of nitrogens with one attached hydrogen (secondary N) is 1. The lowest BCUT2D eigenvalue weighted by Gasteiger charge is -2.32. The first kappa shape index (κ1) is 30.6. The molecule has 0 amide bonds. The Morgan fingerprint density at radius 2 is 1.24 bits per heavy atom. The maximum atomic E-state index is 10.9. The average Bonchev–Trinajstić information content (AvgIpc) is 2.87. The number of benzene rings is 2. The third-order valence-corrected chi connectivity index (χ3v) is 6.99. The third-order valence-electron chi connectivity index (χ3n) is 6.70. The molecule has 0 saturated carbocycles. The lowest BCUT2D eigenvalue weighted by atomic mass is 10.1. The summed E-state index contributed by atoms with van der Waals surface area (Å²) in [5, 5.41) is 24.6. The molecule has 37 heavy (non-hydrogen) atoms. The van der Waals surface area contributed by atoms with Gasteiger partial charge in [-0.2, -0.15) is 0 Å². The van der Waals surface area contributed by atoms with Crippen molar-refractivity contribution < 1.29 is 9.85 Å². The molecule has 2 saturated heterocycles. The van der Waals surface area contributed by atoms with Crippen LogP contribution in [0.25, 0.3) is 0 Å². The van der Waals surface area contributed by atoms with E-state index in [1.165, 1.54) is 19.2 Å². The monoisotopic (exact) mass is 534 g/mol. The fourth-order valence-electron chi connectivity index (χ4n) is 4.07. The van der Waals surface area contributed by atoms with Crippen LogP contribution in [0.3, 0.4) is 0 Å². The molecule has 0 radical (unpaired) electrons. The van der Waals surface area contributed by atoms with Crippen LogP contribution in [0, 0.1) is 34.1 Å². The van der Waals surface area contributed by atoms with Crippen molar-refractivity contribution in [1.82, 2.24) is 20.0 Å². The van der Waals surface area contributed by atoms with Crippen LogP contribution in [0.2, 0.25) is 0 Å². The van der Waals surface area contributed by atoms with Crippen LogP contribution >= 0.6 is 11.6 Å². The molecule has 10 nitrogen and oxygen atoms in total. The highest BCUT2D eigenvalue weighted by atomic mass is 35.5. The lowest BCUT2D eigenvalue weighted by molar-refractivity contribution is -0.385. The molecule has 2 aliphatic rings. The minimum Gasteiger partial charge on any atom is -0.314 e. The van der Waals surface area contributed by atoms with Crippen molar-refractivity contribution in [3.63, 3.8) is 0 Å². The third kappa shape index (κ3) is 9.98. The summed E-state index contributed by atoms with van der Waals surface area (Å²) in [4.78, 5) is 27.6. The molecular formula is C26H39ClN6O4. The molecular weight excluding hydrogens is 496 g/mol. The Morgan fingerprint density at radius 1 is 0.784 bits per heavy atom. The van der Waals surface area contributed by atoms with Gasteiger partial charge in [0.25, 0.3) is 11.4 Å². The molecule has 2 aromatic rings. The van der Waals surface area contributed by atoms with Crippen molar-refractivity contribution in [2.24, 2.45) is 0 Å². The summed E-state index contributed by atoms with van der Waals surface area (Å²) in [7, 11) is 4.27. The fourth-order valence-corrected chi connectivity index (χ4v) is 4.36. The molecule has 2 aromatic carbocycles. The van der Waals surface area contributed by atoms with Crippen molar-refractivity contribution in [3.05, 3.63) is 78.9 Å².